The molecule has 0 saturated carbocycles. The molecule has 0 saturated heterocycles. The van der Waals surface area contributed by atoms with Gasteiger partial charge in [-0.2, -0.15) is 5.10 Å². The first-order valence-electron chi connectivity index (χ1n) is 5.20. The molecule has 0 radical (unpaired) electrons. The number of benzene rings is 1. The number of hydrogen-bond donors (Lipinski definition) is 2. The van der Waals surface area contributed by atoms with Gasteiger partial charge in [-0.1, -0.05) is 18.2 Å². The van der Waals surface area contributed by atoms with Gasteiger partial charge in [-0.3, -0.25) is 0 Å². The van der Waals surface area contributed by atoms with Crippen LogP contribution in [-0.4, -0.2) is 21.5 Å². The summed E-state index contributed by atoms with van der Waals surface area (Å²) < 4.78 is 1.78. The summed E-state index contributed by atoms with van der Waals surface area (Å²) in [6, 6.07) is 9.45. The number of nitrogens with two attached hydrogens (primary N) is 1. The van der Waals surface area contributed by atoms with Gasteiger partial charge in [0.2, 0.25) is 0 Å². The molecule has 84 valence electrons. The lowest BCUT2D eigenvalue weighted by molar-refractivity contribution is 0.267. The molecule has 1 aromatic carbocycles. The van der Waals surface area contributed by atoms with Crippen LogP contribution in [0.15, 0.2) is 36.5 Å². The summed E-state index contributed by atoms with van der Waals surface area (Å²) in [6.45, 7) is 1.83. The molecule has 2 rings (SSSR count). The molecule has 1 heterocycles. The zero-order valence-corrected chi connectivity index (χ0v) is 9.17. The highest BCUT2D eigenvalue weighted by molar-refractivity contribution is 5.33. The van der Waals surface area contributed by atoms with Crippen LogP contribution in [0.4, 0.5) is 0 Å². The first-order chi connectivity index (χ1) is 7.72. The van der Waals surface area contributed by atoms with Gasteiger partial charge in [-0.25, -0.2) is 4.68 Å². The first-order valence-corrected chi connectivity index (χ1v) is 5.20. The molecule has 0 bridgehead atoms. The minimum absolute atomic E-state index is 0.0681. The highest BCUT2D eigenvalue weighted by Crippen LogP contribution is 2.16. The molecule has 2 aromatic rings. The number of hydrogen-bond acceptors (Lipinski definition) is 3. The van der Waals surface area contributed by atoms with Crippen molar-refractivity contribution in [2.24, 2.45) is 5.73 Å². The number of aromatic nitrogens is 2. The second-order valence-corrected chi connectivity index (χ2v) is 3.74. The Balaban J connectivity index is 2.38. The van der Waals surface area contributed by atoms with Crippen molar-refractivity contribution in [1.29, 1.82) is 0 Å². The Morgan fingerprint density at radius 1 is 1.38 bits per heavy atom. The smallest absolute Gasteiger partial charge is 0.0646 e. The molecular formula is C12H15N3O. The lowest BCUT2D eigenvalue weighted by Gasteiger charge is -2.04. The molecule has 16 heavy (non-hydrogen) atoms. The molecule has 1 unspecified atom stereocenters. The number of aliphatic hydroxyl groups is 1. The SMILES string of the molecule is Cc1nn(-c2ccccc2)cc1C(N)CO. The van der Waals surface area contributed by atoms with Crippen LogP contribution in [0.1, 0.15) is 17.3 Å². The maximum Gasteiger partial charge on any atom is 0.0646 e. The van der Waals surface area contributed by atoms with Gasteiger partial charge in [0, 0.05) is 11.8 Å². The summed E-state index contributed by atoms with van der Waals surface area (Å²) in [5, 5.41) is 13.4. The number of para-hydroxylation sites is 1. The third-order valence-corrected chi connectivity index (χ3v) is 2.55. The Morgan fingerprint density at radius 3 is 2.69 bits per heavy atom. The summed E-state index contributed by atoms with van der Waals surface area (Å²) in [6.07, 6.45) is 1.87. The molecule has 1 atom stereocenters. The Hall–Kier alpha value is -1.65. The summed E-state index contributed by atoms with van der Waals surface area (Å²) in [4.78, 5) is 0. The van der Waals surface area contributed by atoms with Crippen molar-refractivity contribution >= 4 is 0 Å². The normalized spacial score (nSPS) is 12.7. The highest BCUT2D eigenvalue weighted by Gasteiger charge is 2.12. The van der Waals surface area contributed by atoms with Crippen LogP contribution in [0.2, 0.25) is 0 Å². The van der Waals surface area contributed by atoms with Crippen molar-refractivity contribution in [2.45, 2.75) is 13.0 Å². The van der Waals surface area contributed by atoms with Crippen LogP contribution in [0.3, 0.4) is 0 Å². The van der Waals surface area contributed by atoms with Crippen molar-refractivity contribution in [1.82, 2.24) is 9.78 Å². The predicted molar refractivity (Wildman–Crippen MR) is 62.3 cm³/mol. The van der Waals surface area contributed by atoms with E-state index < -0.39 is 0 Å². The molecular weight excluding hydrogens is 202 g/mol. The molecule has 0 aliphatic carbocycles. The number of nitrogens with zero attached hydrogens (tertiary/aromatic N) is 2. The Morgan fingerprint density at radius 2 is 2.06 bits per heavy atom. The first kappa shape index (κ1) is 10.9. The van der Waals surface area contributed by atoms with E-state index in [1.807, 2.05) is 43.5 Å². The largest absolute Gasteiger partial charge is 0.394 e. The van der Waals surface area contributed by atoms with Gasteiger partial charge < -0.3 is 10.8 Å². The second kappa shape index (κ2) is 4.47. The van der Waals surface area contributed by atoms with Crippen LogP contribution < -0.4 is 5.73 Å². The average molecular weight is 217 g/mol. The quantitative estimate of drug-likeness (QED) is 0.811. The second-order valence-electron chi connectivity index (χ2n) is 3.74. The van der Waals surface area contributed by atoms with E-state index in [0.717, 1.165) is 16.9 Å². The summed E-state index contributed by atoms with van der Waals surface area (Å²) in [7, 11) is 0. The van der Waals surface area contributed by atoms with Gasteiger partial charge in [0.15, 0.2) is 0 Å². The average Bonchev–Trinajstić information content (AvgIpc) is 2.71. The molecule has 4 nitrogen and oxygen atoms in total. The Kier molecular flexibility index (Phi) is 3.03. The molecule has 1 aromatic heterocycles. The van der Waals surface area contributed by atoms with Crippen molar-refractivity contribution in [2.75, 3.05) is 6.61 Å². The lowest BCUT2D eigenvalue weighted by Crippen LogP contribution is -2.14. The third kappa shape index (κ3) is 1.98. The van der Waals surface area contributed by atoms with E-state index in [0.29, 0.717) is 0 Å². The number of aryl methyl sites for hydroxylation is 1. The van der Waals surface area contributed by atoms with Crippen molar-refractivity contribution < 1.29 is 5.11 Å². The lowest BCUT2D eigenvalue weighted by atomic mass is 10.1. The van der Waals surface area contributed by atoms with E-state index in [2.05, 4.69) is 5.10 Å². The molecule has 0 aliphatic heterocycles. The molecule has 0 aliphatic rings. The Labute approximate surface area is 94.3 Å². The van der Waals surface area contributed by atoms with Crippen molar-refractivity contribution in [3.05, 3.63) is 47.8 Å². The van der Waals surface area contributed by atoms with Gasteiger partial charge in [0.25, 0.3) is 0 Å². The highest BCUT2D eigenvalue weighted by atomic mass is 16.3. The zero-order valence-electron chi connectivity index (χ0n) is 9.17. The van der Waals surface area contributed by atoms with Crippen LogP contribution in [-0.2, 0) is 0 Å². The van der Waals surface area contributed by atoms with Gasteiger partial charge in [-0.15, -0.1) is 0 Å². The molecule has 0 fully saturated rings. The molecule has 3 N–H and O–H groups in total. The third-order valence-electron chi connectivity index (χ3n) is 2.55. The van der Waals surface area contributed by atoms with Gasteiger partial charge in [0.05, 0.1) is 24.0 Å². The van der Waals surface area contributed by atoms with E-state index >= 15 is 0 Å². The van der Waals surface area contributed by atoms with E-state index in [1.54, 1.807) is 4.68 Å². The van der Waals surface area contributed by atoms with Crippen molar-refractivity contribution in [3.8, 4) is 5.69 Å². The molecule has 0 amide bonds. The fourth-order valence-electron chi connectivity index (χ4n) is 1.65. The maximum atomic E-state index is 9.03. The van der Waals surface area contributed by atoms with Gasteiger partial charge >= 0.3 is 0 Å². The van der Waals surface area contributed by atoms with E-state index in [4.69, 9.17) is 10.8 Å². The fourth-order valence-corrected chi connectivity index (χ4v) is 1.65. The minimum Gasteiger partial charge on any atom is -0.394 e. The monoisotopic (exact) mass is 217 g/mol. The summed E-state index contributed by atoms with van der Waals surface area (Å²) in [5.74, 6) is 0. The van der Waals surface area contributed by atoms with Gasteiger partial charge in [0.1, 0.15) is 0 Å². The predicted octanol–water partition coefficient (Wildman–Crippen LogP) is 1.17. The zero-order chi connectivity index (χ0) is 11.5. The van der Waals surface area contributed by atoms with E-state index in [1.165, 1.54) is 0 Å². The standard InChI is InChI=1S/C12H15N3O/c1-9-11(12(13)8-16)7-15(14-9)10-5-3-2-4-6-10/h2-7,12,16H,8,13H2,1H3. The minimum atomic E-state index is -0.363. The van der Waals surface area contributed by atoms with E-state index in [-0.39, 0.29) is 12.6 Å². The van der Waals surface area contributed by atoms with Crippen LogP contribution in [0.5, 0.6) is 0 Å². The van der Waals surface area contributed by atoms with Crippen LogP contribution in [0.25, 0.3) is 5.69 Å². The number of aliphatic hydroxyl groups excluding tert-OH is 1. The van der Waals surface area contributed by atoms with E-state index in [9.17, 15) is 0 Å². The number of rotatable bonds is 3. The molecule has 0 spiro atoms. The van der Waals surface area contributed by atoms with Gasteiger partial charge in [-0.05, 0) is 19.1 Å². The van der Waals surface area contributed by atoms with Crippen LogP contribution in [0, 0.1) is 6.92 Å². The summed E-state index contributed by atoms with van der Waals surface area (Å²) in [5.41, 5.74) is 8.50. The summed E-state index contributed by atoms with van der Waals surface area (Å²) >= 11 is 0. The fraction of sp³-hybridized carbons (Fsp3) is 0.250. The topological polar surface area (TPSA) is 64.1 Å². The maximum absolute atomic E-state index is 9.03. The molecule has 4 heteroatoms. The van der Waals surface area contributed by atoms with Crippen LogP contribution >= 0.6 is 0 Å². The van der Waals surface area contributed by atoms with Crippen molar-refractivity contribution in [3.63, 3.8) is 0 Å². The Bertz CT molecular complexity index is 464.